The second-order valence-electron chi connectivity index (χ2n) is 6.59. The number of hydrogen-bond acceptors (Lipinski definition) is 3. The van der Waals surface area contributed by atoms with Crippen molar-refractivity contribution >= 4 is 17.1 Å². The lowest BCUT2D eigenvalue weighted by molar-refractivity contribution is -0.00000524. The van der Waals surface area contributed by atoms with Crippen LogP contribution >= 0.6 is 0 Å². The number of nitrogen functional groups attached to an aromatic ring is 3. The van der Waals surface area contributed by atoms with Crippen LogP contribution in [0.2, 0.25) is 0 Å². The predicted octanol–water partition coefficient (Wildman–Crippen LogP) is 1.38. The average Bonchev–Trinajstić information content (AvgIpc) is 2.57. The molecule has 0 saturated carbocycles. The molecule has 0 fully saturated rings. The molecule has 0 radical (unpaired) electrons. The Hall–Kier alpha value is -2.78. The van der Waals surface area contributed by atoms with E-state index in [2.05, 4.69) is 36.4 Å². The number of aryl methyl sites for hydroxylation is 3. The van der Waals surface area contributed by atoms with Crippen LogP contribution in [0.5, 0.6) is 0 Å². The highest BCUT2D eigenvalue weighted by Gasteiger charge is 2.24. The highest BCUT2D eigenvalue weighted by atomic mass is 35.5. The number of hydrogen-bond donors (Lipinski definition) is 3. The van der Waals surface area contributed by atoms with Gasteiger partial charge in [-0.05, 0) is 92.1 Å². The SMILES string of the molecule is Cc1cc([C+](c2ccc(N)c(C)c2)c2ccc(N)c(C)c2)ccc1N.[Cl-]. The summed E-state index contributed by atoms with van der Waals surface area (Å²) in [5.74, 6) is 1.15. The van der Waals surface area contributed by atoms with Crippen molar-refractivity contribution in [3.05, 3.63) is 93.9 Å². The summed E-state index contributed by atoms with van der Waals surface area (Å²) in [4.78, 5) is 0. The number of benzene rings is 3. The number of rotatable bonds is 3. The zero-order chi connectivity index (χ0) is 18.1. The molecule has 0 aromatic heterocycles. The molecule has 0 amide bonds. The van der Waals surface area contributed by atoms with Crippen LogP contribution in [-0.2, 0) is 0 Å². The smallest absolute Gasteiger partial charge is 0.0632 e. The standard InChI is InChI=1S/C22H24N3.ClH/c1-13-10-16(4-7-19(13)23)22(17-5-8-20(24)14(2)11-17)18-6-9-21(25)15(3)12-18;/h4-12H,23-25H2,1-3H3;1H/q+1;/p-1. The first-order valence-corrected chi connectivity index (χ1v) is 8.33. The molecule has 3 aromatic carbocycles. The molecule has 0 spiro atoms. The lowest BCUT2D eigenvalue weighted by Gasteiger charge is -2.16. The highest BCUT2D eigenvalue weighted by molar-refractivity contribution is 5.65. The summed E-state index contributed by atoms with van der Waals surface area (Å²) in [6, 6.07) is 18.4. The van der Waals surface area contributed by atoms with Crippen LogP contribution in [0.15, 0.2) is 54.6 Å². The first-order valence-electron chi connectivity index (χ1n) is 8.33. The third-order valence-electron chi connectivity index (χ3n) is 4.68. The minimum absolute atomic E-state index is 0. The van der Waals surface area contributed by atoms with E-state index in [0.29, 0.717) is 0 Å². The monoisotopic (exact) mass is 365 g/mol. The molecule has 0 aliphatic heterocycles. The molecule has 0 aliphatic carbocycles. The summed E-state index contributed by atoms with van der Waals surface area (Å²) < 4.78 is 0. The van der Waals surface area contributed by atoms with Crippen LogP contribution in [0.25, 0.3) is 0 Å². The Labute approximate surface area is 161 Å². The maximum absolute atomic E-state index is 6.01. The fourth-order valence-corrected chi connectivity index (χ4v) is 2.99. The van der Waals surface area contributed by atoms with Crippen molar-refractivity contribution in [1.29, 1.82) is 0 Å². The van der Waals surface area contributed by atoms with Crippen LogP contribution in [0.4, 0.5) is 17.1 Å². The van der Waals surface area contributed by atoms with Gasteiger partial charge in [0.2, 0.25) is 0 Å². The van der Waals surface area contributed by atoms with Crippen LogP contribution in [0.1, 0.15) is 33.4 Å². The second kappa shape index (κ2) is 7.63. The van der Waals surface area contributed by atoms with Gasteiger partial charge in [-0.15, -0.1) is 0 Å². The van der Waals surface area contributed by atoms with Crippen LogP contribution < -0.4 is 29.6 Å². The third-order valence-corrected chi connectivity index (χ3v) is 4.68. The topological polar surface area (TPSA) is 78.1 Å². The van der Waals surface area contributed by atoms with E-state index in [0.717, 1.165) is 56.4 Å². The van der Waals surface area contributed by atoms with E-state index in [-0.39, 0.29) is 12.4 Å². The Kier molecular flexibility index (Phi) is 5.73. The van der Waals surface area contributed by atoms with Crippen LogP contribution in [0.3, 0.4) is 0 Å². The van der Waals surface area contributed by atoms with Crippen molar-refractivity contribution in [2.24, 2.45) is 0 Å². The van der Waals surface area contributed by atoms with Gasteiger partial charge in [0.1, 0.15) is 0 Å². The van der Waals surface area contributed by atoms with Crippen molar-refractivity contribution in [3.63, 3.8) is 0 Å². The second-order valence-corrected chi connectivity index (χ2v) is 6.59. The van der Waals surface area contributed by atoms with Gasteiger partial charge in [0.05, 0.1) is 22.6 Å². The summed E-state index contributed by atoms with van der Waals surface area (Å²) in [6.07, 6.45) is 0. The molecule has 0 heterocycles. The quantitative estimate of drug-likeness (QED) is 0.373. The molecule has 0 unspecified atom stereocenters. The fraction of sp³-hybridized carbons (Fsp3) is 0.136. The molecule has 0 saturated heterocycles. The zero-order valence-corrected chi connectivity index (χ0v) is 16.1. The van der Waals surface area contributed by atoms with E-state index in [1.54, 1.807) is 0 Å². The summed E-state index contributed by atoms with van der Waals surface area (Å²) in [7, 11) is 0. The Morgan fingerprint density at radius 3 is 1.04 bits per heavy atom. The van der Waals surface area contributed by atoms with Gasteiger partial charge < -0.3 is 29.6 Å². The van der Waals surface area contributed by atoms with Gasteiger partial charge in [-0.2, -0.15) is 0 Å². The largest absolute Gasteiger partial charge is 1.00 e. The van der Waals surface area contributed by atoms with Gasteiger partial charge in [-0.1, -0.05) is 0 Å². The molecule has 6 N–H and O–H groups in total. The molecule has 3 rings (SSSR count). The minimum Gasteiger partial charge on any atom is -1.00 e. The normalized spacial score (nSPS) is 10.3. The van der Waals surface area contributed by atoms with Gasteiger partial charge in [-0.3, -0.25) is 0 Å². The first-order chi connectivity index (χ1) is 11.9. The third kappa shape index (κ3) is 3.73. The van der Waals surface area contributed by atoms with Crippen molar-refractivity contribution in [3.8, 4) is 0 Å². The minimum atomic E-state index is 0. The van der Waals surface area contributed by atoms with E-state index >= 15 is 0 Å². The van der Waals surface area contributed by atoms with E-state index in [1.807, 2.05) is 39.0 Å². The van der Waals surface area contributed by atoms with Gasteiger partial charge in [0, 0.05) is 17.1 Å². The van der Waals surface area contributed by atoms with Gasteiger partial charge in [-0.25, -0.2) is 0 Å². The number of nitrogens with two attached hydrogens (primary N) is 3. The van der Waals surface area contributed by atoms with Crippen LogP contribution in [-0.4, -0.2) is 0 Å². The molecular weight excluding hydrogens is 342 g/mol. The van der Waals surface area contributed by atoms with Gasteiger partial charge in [0.25, 0.3) is 0 Å². The summed E-state index contributed by atoms with van der Waals surface area (Å²) in [6.45, 7) is 6.08. The van der Waals surface area contributed by atoms with E-state index < -0.39 is 0 Å². The Bertz CT molecular complexity index is 812. The lowest BCUT2D eigenvalue weighted by atomic mass is 9.83. The first kappa shape index (κ1) is 19.5. The Morgan fingerprint density at radius 2 is 0.808 bits per heavy atom. The molecule has 3 aromatic rings. The van der Waals surface area contributed by atoms with Crippen molar-refractivity contribution in [2.45, 2.75) is 20.8 Å². The summed E-state index contributed by atoms with van der Waals surface area (Å²) in [5, 5.41) is 0. The van der Waals surface area contributed by atoms with Gasteiger partial charge >= 0.3 is 0 Å². The predicted molar refractivity (Wildman–Crippen MR) is 107 cm³/mol. The average molecular weight is 366 g/mol. The Morgan fingerprint density at radius 1 is 0.538 bits per heavy atom. The molecule has 3 nitrogen and oxygen atoms in total. The van der Waals surface area contributed by atoms with E-state index in [9.17, 15) is 0 Å². The molecule has 4 heteroatoms. The van der Waals surface area contributed by atoms with Crippen molar-refractivity contribution in [1.82, 2.24) is 0 Å². The van der Waals surface area contributed by atoms with Crippen molar-refractivity contribution in [2.75, 3.05) is 17.2 Å². The van der Waals surface area contributed by atoms with E-state index in [1.165, 1.54) is 0 Å². The molecule has 0 bridgehead atoms. The molecule has 26 heavy (non-hydrogen) atoms. The van der Waals surface area contributed by atoms with Crippen molar-refractivity contribution < 1.29 is 12.4 Å². The number of halogens is 1. The molecule has 134 valence electrons. The summed E-state index contributed by atoms with van der Waals surface area (Å²) in [5.41, 5.74) is 27.0. The fourth-order valence-electron chi connectivity index (χ4n) is 2.99. The molecular formula is C22H24ClN3. The zero-order valence-electron chi connectivity index (χ0n) is 15.3. The van der Waals surface area contributed by atoms with Gasteiger partial charge in [0.15, 0.2) is 0 Å². The lowest BCUT2D eigenvalue weighted by Crippen LogP contribution is -3.00. The molecule has 0 atom stereocenters. The maximum Gasteiger partial charge on any atom is 0.0632 e. The van der Waals surface area contributed by atoms with Crippen LogP contribution in [0, 0.1) is 26.7 Å². The maximum atomic E-state index is 6.01. The van der Waals surface area contributed by atoms with E-state index in [4.69, 9.17) is 17.2 Å². The Balaban J connectivity index is 0.00000243. The highest BCUT2D eigenvalue weighted by Crippen LogP contribution is 2.34. The number of anilines is 3. The summed E-state index contributed by atoms with van der Waals surface area (Å²) >= 11 is 0. The molecule has 0 aliphatic rings.